The summed E-state index contributed by atoms with van der Waals surface area (Å²) in [6, 6.07) is 11.6. The van der Waals surface area contributed by atoms with Crippen LogP contribution in [0.3, 0.4) is 0 Å². The Balaban J connectivity index is 1.97. The first-order valence-electron chi connectivity index (χ1n) is 7.85. The summed E-state index contributed by atoms with van der Waals surface area (Å²) in [5, 5.41) is 4.31. The molecule has 0 aliphatic carbocycles. The summed E-state index contributed by atoms with van der Waals surface area (Å²) < 4.78 is 10.4. The highest BCUT2D eigenvalue weighted by Crippen LogP contribution is 2.24. The van der Waals surface area contributed by atoms with Gasteiger partial charge in [0, 0.05) is 11.9 Å². The van der Waals surface area contributed by atoms with Gasteiger partial charge in [-0.05, 0) is 37.6 Å². The number of para-hydroxylation sites is 1. The van der Waals surface area contributed by atoms with Gasteiger partial charge in [-0.15, -0.1) is 0 Å². The van der Waals surface area contributed by atoms with Crippen molar-refractivity contribution in [3.8, 4) is 0 Å². The Morgan fingerprint density at radius 1 is 1.29 bits per heavy atom. The van der Waals surface area contributed by atoms with Gasteiger partial charge in [-0.3, -0.25) is 4.98 Å². The zero-order valence-corrected chi connectivity index (χ0v) is 14.0. The van der Waals surface area contributed by atoms with E-state index in [-0.39, 0.29) is 12.0 Å². The van der Waals surface area contributed by atoms with Gasteiger partial charge in [0.05, 0.1) is 36.2 Å². The molecule has 24 heavy (non-hydrogen) atoms. The Morgan fingerprint density at radius 2 is 2.08 bits per heavy atom. The number of benzene rings is 1. The van der Waals surface area contributed by atoms with Crippen molar-refractivity contribution < 1.29 is 13.9 Å². The number of methoxy groups -OCH3 is 1. The zero-order valence-electron chi connectivity index (χ0n) is 14.0. The second kappa shape index (κ2) is 6.84. The maximum atomic E-state index is 12.3. The van der Waals surface area contributed by atoms with Crippen LogP contribution in [0.15, 0.2) is 47.1 Å². The van der Waals surface area contributed by atoms with Gasteiger partial charge in [-0.2, -0.15) is 0 Å². The number of hydrogen-bond donors (Lipinski definition) is 1. The molecule has 0 saturated heterocycles. The molecule has 1 aromatic carbocycles. The smallest absolute Gasteiger partial charge is 0.340 e. The number of carbonyl (C=O) groups excluding carboxylic acids is 1. The Labute approximate surface area is 140 Å². The third-order valence-electron chi connectivity index (χ3n) is 4.16. The molecule has 3 aromatic rings. The molecule has 2 aromatic heterocycles. The van der Waals surface area contributed by atoms with E-state index in [2.05, 4.69) is 10.3 Å². The predicted octanol–water partition coefficient (Wildman–Crippen LogP) is 3.77. The van der Waals surface area contributed by atoms with Crippen molar-refractivity contribution in [2.45, 2.75) is 26.4 Å². The van der Waals surface area contributed by atoms with Gasteiger partial charge in [0.15, 0.2) is 0 Å². The number of aromatic nitrogens is 1. The SMILES string of the molecule is COC(=O)c1c(CN[C@H](C)c2ccco2)nc2ccccc2c1C. The van der Waals surface area contributed by atoms with Crippen molar-refractivity contribution in [2.24, 2.45) is 0 Å². The number of pyridine rings is 1. The lowest BCUT2D eigenvalue weighted by Gasteiger charge is -2.16. The van der Waals surface area contributed by atoms with Gasteiger partial charge >= 0.3 is 5.97 Å². The molecule has 1 atom stereocenters. The summed E-state index contributed by atoms with van der Waals surface area (Å²) in [5.74, 6) is 0.473. The molecular weight excluding hydrogens is 304 g/mol. The number of hydrogen-bond acceptors (Lipinski definition) is 5. The molecule has 0 unspecified atom stereocenters. The number of ether oxygens (including phenoxy) is 1. The number of esters is 1. The van der Waals surface area contributed by atoms with Crippen LogP contribution in [-0.4, -0.2) is 18.1 Å². The molecule has 1 N–H and O–H groups in total. The van der Waals surface area contributed by atoms with E-state index in [0.717, 1.165) is 22.2 Å². The molecule has 0 aliphatic rings. The largest absolute Gasteiger partial charge is 0.468 e. The summed E-state index contributed by atoms with van der Waals surface area (Å²) in [6.45, 7) is 4.37. The number of aryl methyl sites for hydroxylation is 1. The maximum Gasteiger partial charge on any atom is 0.340 e. The highest BCUT2D eigenvalue weighted by Gasteiger charge is 2.20. The average Bonchev–Trinajstić information content (AvgIpc) is 3.14. The second-order valence-corrected chi connectivity index (χ2v) is 5.69. The first-order chi connectivity index (χ1) is 11.6. The van der Waals surface area contributed by atoms with E-state index in [0.29, 0.717) is 17.8 Å². The highest BCUT2D eigenvalue weighted by atomic mass is 16.5. The third kappa shape index (κ3) is 3.03. The number of fused-ring (bicyclic) bond motifs is 1. The lowest BCUT2D eigenvalue weighted by atomic mass is 10.0. The minimum absolute atomic E-state index is 0.0130. The van der Waals surface area contributed by atoms with E-state index in [1.165, 1.54) is 7.11 Å². The van der Waals surface area contributed by atoms with Crippen LogP contribution in [0.25, 0.3) is 10.9 Å². The lowest BCUT2D eigenvalue weighted by Crippen LogP contribution is -2.21. The fourth-order valence-corrected chi connectivity index (χ4v) is 2.83. The predicted molar refractivity (Wildman–Crippen MR) is 91.8 cm³/mol. The van der Waals surface area contributed by atoms with Gasteiger partial charge in [0.25, 0.3) is 0 Å². The molecule has 124 valence electrons. The number of nitrogens with zero attached hydrogens (tertiary/aromatic N) is 1. The lowest BCUT2D eigenvalue weighted by molar-refractivity contribution is 0.0598. The van der Waals surface area contributed by atoms with Crippen LogP contribution in [0.2, 0.25) is 0 Å². The molecule has 5 heteroatoms. The normalized spacial score (nSPS) is 12.3. The van der Waals surface area contributed by atoms with E-state index < -0.39 is 0 Å². The number of furan rings is 1. The van der Waals surface area contributed by atoms with Crippen LogP contribution in [0, 0.1) is 6.92 Å². The molecule has 0 saturated carbocycles. The monoisotopic (exact) mass is 324 g/mol. The van der Waals surface area contributed by atoms with E-state index in [9.17, 15) is 4.79 Å². The van der Waals surface area contributed by atoms with Crippen LogP contribution < -0.4 is 5.32 Å². The molecule has 0 aliphatic heterocycles. The van der Waals surface area contributed by atoms with Crippen molar-refractivity contribution in [3.63, 3.8) is 0 Å². The first-order valence-corrected chi connectivity index (χ1v) is 7.85. The molecule has 5 nitrogen and oxygen atoms in total. The van der Waals surface area contributed by atoms with E-state index in [1.807, 2.05) is 50.2 Å². The number of rotatable bonds is 5. The van der Waals surface area contributed by atoms with E-state index in [4.69, 9.17) is 9.15 Å². The molecule has 0 amide bonds. The van der Waals surface area contributed by atoms with Gasteiger partial charge < -0.3 is 14.5 Å². The summed E-state index contributed by atoms with van der Waals surface area (Å²) in [6.07, 6.45) is 1.64. The van der Waals surface area contributed by atoms with Crippen LogP contribution >= 0.6 is 0 Å². The Bertz CT molecular complexity index is 856. The van der Waals surface area contributed by atoms with Crippen molar-refractivity contribution >= 4 is 16.9 Å². The molecule has 0 radical (unpaired) electrons. The summed E-state index contributed by atoms with van der Waals surface area (Å²) in [7, 11) is 1.39. The van der Waals surface area contributed by atoms with Crippen molar-refractivity contribution in [3.05, 3.63) is 65.2 Å². The quantitative estimate of drug-likeness (QED) is 0.724. The molecule has 3 rings (SSSR count). The van der Waals surface area contributed by atoms with Gasteiger partial charge in [-0.1, -0.05) is 18.2 Å². The standard InChI is InChI=1S/C19H20N2O3/c1-12-14-7-4-5-8-15(14)21-16(18(12)19(22)23-3)11-20-13(2)17-9-6-10-24-17/h4-10,13,20H,11H2,1-3H3/t13-/m1/s1. The number of carbonyl (C=O) groups is 1. The van der Waals surface area contributed by atoms with Crippen molar-refractivity contribution in [1.29, 1.82) is 0 Å². The molecule has 0 bridgehead atoms. The minimum atomic E-state index is -0.367. The fraction of sp³-hybridized carbons (Fsp3) is 0.263. The van der Waals surface area contributed by atoms with Gasteiger partial charge in [-0.25, -0.2) is 4.79 Å². The van der Waals surface area contributed by atoms with Crippen LogP contribution in [0.1, 0.15) is 40.3 Å². The minimum Gasteiger partial charge on any atom is -0.468 e. The van der Waals surface area contributed by atoms with Crippen molar-refractivity contribution in [1.82, 2.24) is 10.3 Å². The second-order valence-electron chi connectivity index (χ2n) is 5.69. The van der Waals surface area contributed by atoms with Crippen LogP contribution in [0.4, 0.5) is 0 Å². The molecule has 0 spiro atoms. The number of nitrogens with one attached hydrogen (secondary N) is 1. The fourth-order valence-electron chi connectivity index (χ4n) is 2.83. The maximum absolute atomic E-state index is 12.3. The zero-order chi connectivity index (χ0) is 17.1. The Morgan fingerprint density at radius 3 is 2.79 bits per heavy atom. The summed E-state index contributed by atoms with van der Waals surface area (Å²) in [4.78, 5) is 16.9. The Kier molecular flexibility index (Phi) is 4.62. The topological polar surface area (TPSA) is 64.4 Å². The molecular formula is C19H20N2O3. The van der Waals surface area contributed by atoms with Crippen LogP contribution in [-0.2, 0) is 11.3 Å². The first kappa shape index (κ1) is 16.2. The van der Waals surface area contributed by atoms with Gasteiger partial charge in [0.2, 0.25) is 0 Å². The van der Waals surface area contributed by atoms with Gasteiger partial charge in [0.1, 0.15) is 5.76 Å². The average molecular weight is 324 g/mol. The third-order valence-corrected chi connectivity index (χ3v) is 4.16. The molecule has 0 fully saturated rings. The summed E-state index contributed by atoms with van der Waals surface area (Å²) in [5.41, 5.74) is 2.95. The van der Waals surface area contributed by atoms with Crippen LogP contribution in [0.5, 0.6) is 0 Å². The summed E-state index contributed by atoms with van der Waals surface area (Å²) >= 11 is 0. The Hall–Kier alpha value is -2.66. The van der Waals surface area contributed by atoms with Crippen molar-refractivity contribution in [2.75, 3.05) is 7.11 Å². The molecule has 2 heterocycles. The highest BCUT2D eigenvalue weighted by molar-refractivity contribution is 5.98. The van der Waals surface area contributed by atoms with E-state index >= 15 is 0 Å². The van der Waals surface area contributed by atoms with E-state index in [1.54, 1.807) is 6.26 Å².